The van der Waals surface area contributed by atoms with Gasteiger partial charge in [-0.25, -0.2) is 0 Å². The molecule has 20 heavy (non-hydrogen) atoms. The van der Waals surface area contributed by atoms with E-state index in [1.165, 1.54) is 0 Å². The van der Waals surface area contributed by atoms with Gasteiger partial charge in [-0.05, 0) is 44.9 Å². The van der Waals surface area contributed by atoms with E-state index in [1.54, 1.807) is 7.11 Å². The van der Waals surface area contributed by atoms with E-state index >= 15 is 0 Å². The van der Waals surface area contributed by atoms with E-state index in [0.29, 0.717) is 0 Å². The van der Waals surface area contributed by atoms with Gasteiger partial charge in [0.1, 0.15) is 0 Å². The van der Waals surface area contributed by atoms with Crippen molar-refractivity contribution in [2.45, 2.75) is 50.8 Å². The lowest BCUT2D eigenvalue weighted by atomic mass is 9.90. The maximum atomic E-state index is 6.39. The van der Waals surface area contributed by atoms with Crippen LogP contribution in [0, 0.1) is 0 Å². The van der Waals surface area contributed by atoms with Crippen LogP contribution in [-0.2, 0) is 4.74 Å². The minimum atomic E-state index is -0.0707. The van der Waals surface area contributed by atoms with Crippen molar-refractivity contribution >= 4 is 0 Å². The van der Waals surface area contributed by atoms with Crippen LogP contribution in [0.25, 0.3) is 0 Å². The molecule has 3 atom stereocenters. The fourth-order valence-electron chi connectivity index (χ4n) is 3.10. The number of rotatable bonds is 5. The van der Waals surface area contributed by atoms with Crippen molar-refractivity contribution < 1.29 is 4.74 Å². The minimum Gasteiger partial charge on any atom is -0.377 e. The van der Waals surface area contributed by atoms with Crippen LogP contribution < -0.4 is 5.73 Å². The van der Waals surface area contributed by atoms with Crippen molar-refractivity contribution in [1.82, 2.24) is 9.88 Å². The number of hydrogen-bond acceptors (Lipinski definition) is 4. The molecule has 4 nitrogen and oxygen atoms in total. The first kappa shape index (κ1) is 15.4. The molecule has 1 aliphatic rings. The average molecular weight is 277 g/mol. The summed E-state index contributed by atoms with van der Waals surface area (Å²) in [5.41, 5.74) is 7.39. The summed E-state index contributed by atoms with van der Waals surface area (Å²) in [6, 6.07) is 6.35. The number of nitrogens with two attached hydrogens (primary N) is 1. The molecule has 4 heteroatoms. The van der Waals surface area contributed by atoms with Crippen molar-refractivity contribution in [3.63, 3.8) is 0 Å². The van der Waals surface area contributed by atoms with Gasteiger partial charge in [0.25, 0.3) is 0 Å². The van der Waals surface area contributed by atoms with Gasteiger partial charge in [0, 0.05) is 25.9 Å². The van der Waals surface area contributed by atoms with Crippen molar-refractivity contribution in [2.75, 3.05) is 20.2 Å². The molecule has 2 N–H and O–H groups in total. The predicted octanol–water partition coefficient (Wildman–Crippen LogP) is 2.36. The van der Waals surface area contributed by atoms with E-state index < -0.39 is 0 Å². The molecule has 0 aromatic carbocycles. The van der Waals surface area contributed by atoms with Crippen molar-refractivity contribution in [1.29, 1.82) is 0 Å². The van der Waals surface area contributed by atoms with Gasteiger partial charge in [0.2, 0.25) is 0 Å². The van der Waals surface area contributed by atoms with Gasteiger partial charge < -0.3 is 10.5 Å². The van der Waals surface area contributed by atoms with Gasteiger partial charge in [-0.3, -0.25) is 9.88 Å². The third-order valence-electron chi connectivity index (χ3n) is 4.44. The summed E-state index contributed by atoms with van der Waals surface area (Å²) >= 11 is 0. The van der Waals surface area contributed by atoms with Crippen LogP contribution >= 0.6 is 0 Å². The summed E-state index contributed by atoms with van der Waals surface area (Å²) in [7, 11) is 1.80. The largest absolute Gasteiger partial charge is 0.377 e. The normalized spacial score (nSPS) is 27.2. The van der Waals surface area contributed by atoms with Gasteiger partial charge >= 0.3 is 0 Å². The molecule has 1 saturated heterocycles. The van der Waals surface area contributed by atoms with Crippen LogP contribution in [0.15, 0.2) is 24.4 Å². The highest BCUT2D eigenvalue weighted by Gasteiger charge is 2.36. The molecule has 0 aliphatic carbocycles. The zero-order chi connectivity index (χ0) is 14.6. The molecule has 2 rings (SSSR count). The molecular formula is C16H27N3O. The first-order valence-corrected chi connectivity index (χ1v) is 7.55. The van der Waals surface area contributed by atoms with Gasteiger partial charge in [-0.15, -0.1) is 0 Å². The zero-order valence-corrected chi connectivity index (χ0v) is 12.9. The lowest BCUT2D eigenvalue weighted by Crippen LogP contribution is -2.52. The third-order valence-corrected chi connectivity index (χ3v) is 4.44. The minimum absolute atomic E-state index is 0.0707. The number of piperidine rings is 1. The van der Waals surface area contributed by atoms with Crippen molar-refractivity contribution in [3.8, 4) is 0 Å². The Balaban J connectivity index is 2.23. The average Bonchev–Trinajstić information content (AvgIpc) is 2.48. The quantitative estimate of drug-likeness (QED) is 0.897. The van der Waals surface area contributed by atoms with E-state index in [1.807, 2.05) is 18.3 Å². The van der Waals surface area contributed by atoms with Crippen molar-refractivity contribution in [2.24, 2.45) is 5.73 Å². The SMILES string of the molecule is CCC(N)C(c1ccccn1)N1CCCC(C)(OC)C1. The van der Waals surface area contributed by atoms with Crippen LogP contribution in [-0.4, -0.2) is 41.7 Å². The number of methoxy groups -OCH3 is 1. The lowest BCUT2D eigenvalue weighted by molar-refractivity contribution is -0.0648. The van der Waals surface area contributed by atoms with E-state index in [4.69, 9.17) is 10.5 Å². The Kier molecular flexibility index (Phi) is 5.13. The number of hydrogen-bond donors (Lipinski definition) is 1. The van der Waals surface area contributed by atoms with Gasteiger partial charge in [0.15, 0.2) is 0 Å². The Morgan fingerprint density at radius 2 is 2.30 bits per heavy atom. The van der Waals surface area contributed by atoms with Gasteiger partial charge in [-0.1, -0.05) is 13.0 Å². The van der Waals surface area contributed by atoms with Crippen LogP contribution in [0.1, 0.15) is 44.8 Å². The Morgan fingerprint density at radius 3 is 2.90 bits per heavy atom. The summed E-state index contributed by atoms with van der Waals surface area (Å²) in [5.74, 6) is 0. The highest BCUT2D eigenvalue weighted by Crippen LogP contribution is 2.31. The highest BCUT2D eigenvalue weighted by atomic mass is 16.5. The maximum absolute atomic E-state index is 6.39. The molecule has 0 saturated carbocycles. The topological polar surface area (TPSA) is 51.4 Å². The summed E-state index contributed by atoms with van der Waals surface area (Å²) in [6.07, 6.45) is 5.05. The van der Waals surface area contributed by atoms with Gasteiger partial charge in [0.05, 0.1) is 17.3 Å². The molecule has 1 aliphatic heterocycles. The first-order chi connectivity index (χ1) is 9.59. The highest BCUT2D eigenvalue weighted by molar-refractivity contribution is 5.12. The van der Waals surface area contributed by atoms with E-state index in [2.05, 4.69) is 29.8 Å². The van der Waals surface area contributed by atoms with E-state index in [-0.39, 0.29) is 17.7 Å². The number of pyridine rings is 1. The molecular weight excluding hydrogens is 250 g/mol. The zero-order valence-electron chi connectivity index (χ0n) is 12.9. The third kappa shape index (κ3) is 3.37. The van der Waals surface area contributed by atoms with Crippen LogP contribution in [0.5, 0.6) is 0 Å². The molecule has 1 aromatic heterocycles. The number of ether oxygens (including phenoxy) is 1. The standard InChI is InChI=1S/C16H27N3O/c1-4-13(17)15(14-8-5-6-10-18-14)19-11-7-9-16(2,12-19)20-3/h5-6,8,10,13,15H,4,7,9,11-12,17H2,1-3H3. The Labute approximate surface area is 122 Å². The molecule has 1 fully saturated rings. The fraction of sp³-hybridized carbons (Fsp3) is 0.688. The number of nitrogens with zero attached hydrogens (tertiary/aromatic N) is 2. The Bertz CT molecular complexity index is 411. The van der Waals surface area contributed by atoms with Crippen LogP contribution in [0.3, 0.4) is 0 Å². The molecule has 0 amide bonds. The summed E-state index contributed by atoms with van der Waals surface area (Å²) in [6.45, 7) is 6.30. The molecule has 0 spiro atoms. The second kappa shape index (κ2) is 6.66. The second-order valence-electron chi connectivity index (χ2n) is 6.00. The van der Waals surface area contributed by atoms with Crippen molar-refractivity contribution in [3.05, 3.63) is 30.1 Å². The Morgan fingerprint density at radius 1 is 1.50 bits per heavy atom. The molecule has 112 valence electrons. The fourth-order valence-corrected chi connectivity index (χ4v) is 3.10. The molecule has 2 heterocycles. The predicted molar refractivity (Wildman–Crippen MR) is 81.5 cm³/mol. The maximum Gasteiger partial charge on any atom is 0.0777 e. The van der Waals surface area contributed by atoms with E-state index in [0.717, 1.165) is 38.0 Å². The number of aromatic nitrogens is 1. The van der Waals surface area contributed by atoms with Crippen LogP contribution in [0.4, 0.5) is 0 Å². The molecule has 1 aromatic rings. The van der Waals surface area contributed by atoms with E-state index in [9.17, 15) is 0 Å². The van der Waals surface area contributed by atoms with Gasteiger partial charge in [-0.2, -0.15) is 0 Å². The summed E-state index contributed by atoms with van der Waals surface area (Å²) in [4.78, 5) is 6.98. The summed E-state index contributed by atoms with van der Waals surface area (Å²) in [5, 5.41) is 0. The Hall–Kier alpha value is -0.970. The first-order valence-electron chi connectivity index (χ1n) is 7.55. The molecule has 0 radical (unpaired) electrons. The van der Waals surface area contributed by atoms with Crippen LogP contribution in [0.2, 0.25) is 0 Å². The smallest absolute Gasteiger partial charge is 0.0777 e. The molecule has 0 bridgehead atoms. The lowest BCUT2D eigenvalue weighted by Gasteiger charge is -2.44. The molecule has 3 unspecified atom stereocenters. The number of likely N-dealkylation sites (tertiary alicyclic amines) is 1. The summed E-state index contributed by atoms with van der Waals surface area (Å²) < 4.78 is 5.71. The second-order valence-corrected chi connectivity index (χ2v) is 6.00. The monoisotopic (exact) mass is 277 g/mol.